The van der Waals surface area contributed by atoms with Crippen LogP contribution in [0, 0.1) is 13.8 Å². The maximum Gasteiger partial charge on any atom is 0.299 e. The van der Waals surface area contributed by atoms with E-state index in [0.717, 1.165) is 72.3 Å². The minimum atomic E-state index is -2.34. The van der Waals surface area contributed by atoms with Gasteiger partial charge in [-0.25, -0.2) is 4.57 Å². The molecule has 242 valence electrons. The second-order valence-corrected chi connectivity index (χ2v) is 13.9. The molecule has 8 aromatic rings. The summed E-state index contributed by atoms with van der Waals surface area (Å²) in [6.45, 7) is 8.69. The van der Waals surface area contributed by atoms with Crippen LogP contribution < -0.4 is 4.57 Å². The van der Waals surface area contributed by atoms with E-state index in [4.69, 9.17) is 8.53 Å². The summed E-state index contributed by atoms with van der Waals surface area (Å²) in [5.74, 6) is 1.15. The first-order valence-electron chi connectivity index (χ1n) is 18.7. The lowest BCUT2D eigenvalue weighted by molar-refractivity contribution is -0.633. The lowest BCUT2D eigenvalue weighted by Crippen LogP contribution is -2.30. The molecule has 3 heteroatoms. The van der Waals surface area contributed by atoms with Gasteiger partial charge in [0.25, 0.3) is 5.82 Å². The molecule has 0 N–H and O–H groups in total. The van der Waals surface area contributed by atoms with Crippen LogP contribution in [0.4, 0.5) is 0 Å². The molecular formula is C46H43N2O+. The van der Waals surface area contributed by atoms with Crippen molar-refractivity contribution in [2.24, 2.45) is 7.05 Å². The third-order valence-electron chi connectivity index (χ3n) is 10.1. The number of imidazole rings is 1. The number of benzene rings is 6. The molecular weight excluding hydrogens is 597 g/mol. The summed E-state index contributed by atoms with van der Waals surface area (Å²) < 4.78 is 37.3. The van der Waals surface area contributed by atoms with Crippen molar-refractivity contribution in [2.45, 2.75) is 53.3 Å². The molecule has 3 nitrogen and oxygen atoms in total. The molecule has 0 radical (unpaired) electrons. The van der Waals surface area contributed by atoms with Crippen LogP contribution in [0.5, 0.6) is 0 Å². The van der Waals surface area contributed by atoms with E-state index < -0.39 is 6.85 Å². The van der Waals surface area contributed by atoms with Crippen LogP contribution in [0.2, 0.25) is 0 Å². The Balaban J connectivity index is 1.48. The minimum Gasteiger partial charge on any atom is -0.455 e. The summed E-state index contributed by atoms with van der Waals surface area (Å²) in [4.78, 5) is 0. The van der Waals surface area contributed by atoms with Crippen molar-refractivity contribution >= 4 is 33.0 Å². The predicted octanol–water partition coefficient (Wildman–Crippen LogP) is 12.2. The monoisotopic (exact) mass is 642 g/mol. The van der Waals surface area contributed by atoms with Gasteiger partial charge in [0.2, 0.25) is 0 Å². The Morgan fingerprint density at radius 2 is 1.27 bits per heavy atom. The maximum absolute atomic E-state index is 8.74. The maximum atomic E-state index is 8.74. The van der Waals surface area contributed by atoms with Gasteiger partial charge in [0.05, 0.1) is 7.05 Å². The zero-order valence-electron chi connectivity index (χ0n) is 32.0. The molecule has 0 amide bonds. The zero-order chi connectivity index (χ0) is 36.5. The Bertz CT molecular complexity index is 2600. The summed E-state index contributed by atoms with van der Waals surface area (Å²) in [7, 11) is 2.05. The third kappa shape index (κ3) is 4.99. The molecule has 0 unspecified atom stereocenters. The summed E-state index contributed by atoms with van der Waals surface area (Å²) in [5.41, 5.74) is 13.5. The Kier molecular flexibility index (Phi) is 6.70. The van der Waals surface area contributed by atoms with Crippen molar-refractivity contribution in [3.63, 3.8) is 0 Å². The molecule has 0 aliphatic heterocycles. The Morgan fingerprint density at radius 3 is 1.94 bits per heavy atom. The summed E-state index contributed by atoms with van der Waals surface area (Å²) in [6.07, 6.45) is 0. The largest absolute Gasteiger partial charge is 0.455 e. The summed E-state index contributed by atoms with van der Waals surface area (Å²) >= 11 is 0. The lowest BCUT2D eigenvalue weighted by Gasteiger charge is -2.21. The van der Waals surface area contributed by atoms with Gasteiger partial charge >= 0.3 is 0 Å². The molecule has 0 spiro atoms. The van der Waals surface area contributed by atoms with Gasteiger partial charge in [-0.05, 0) is 77.7 Å². The predicted molar refractivity (Wildman–Crippen MR) is 206 cm³/mol. The van der Waals surface area contributed by atoms with E-state index >= 15 is 0 Å². The van der Waals surface area contributed by atoms with Gasteiger partial charge < -0.3 is 4.42 Å². The average Bonchev–Trinajstić information content (AvgIpc) is 3.65. The van der Waals surface area contributed by atoms with Gasteiger partial charge in [0.15, 0.2) is 16.6 Å². The number of aryl methyl sites for hydroxylation is 3. The number of hydrogen-bond donors (Lipinski definition) is 0. The third-order valence-corrected chi connectivity index (χ3v) is 10.1. The first-order valence-corrected chi connectivity index (χ1v) is 17.2. The van der Waals surface area contributed by atoms with Crippen LogP contribution in [0.1, 0.15) is 65.9 Å². The van der Waals surface area contributed by atoms with Crippen LogP contribution in [-0.2, 0) is 7.05 Å². The number of para-hydroxylation sites is 2. The van der Waals surface area contributed by atoms with Gasteiger partial charge in [-0.2, -0.15) is 4.57 Å². The molecule has 0 aliphatic carbocycles. The van der Waals surface area contributed by atoms with Gasteiger partial charge in [0, 0.05) is 31.6 Å². The van der Waals surface area contributed by atoms with Crippen LogP contribution in [0.25, 0.3) is 72.3 Å². The van der Waals surface area contributed by atoms with Crippen molar-refractivity contribution in [3.8, 4) is 39.3 Å². The molecule has 6 aromatic carbocycles. The number of furan rings is 1. The molecule has 49 heavy (non-hydrogen) atoms. The van der Waals surface area contributed by atoms with E-state index in [2.05, 4.69) is 123 Å². The first-order chi connectivity index (χ1) is 24.9. The summed E-state index contributed by atoms with van der Waals surface area (Å²) in [6, 6.07) is 42.0. The minimum absolute atomic E-state index is 0.134. The quantitative estimate of drug-likeness (QED) is 0.165. The topological polar surface area (TPSA) is 21.9 Å². The molecule has 0 atom stereocenters. The van der Waals surface area contributed by atoms with Gasteiger partial charge in [-0.3, -0.25) is 0 Å². The van der Waals surface area contributed by atoms with E-state index in [0.29, 0.717) is 11.1 Å². The molecule has 0 saturated heterocycles. The fourth-order valence-corrected chi connectivity index (χ4v) is 7.54. The lowest BCUT2D eigenvalue weighted by atomic mass is 9.87. The van der Waals surface area contributed by atoms with Crippen molar-refractivity contribution in [1.29, 1.82) is 0 Å². The molecule has 2 aromatic heterocycles. The number of rotatable bonds is 6. The van der Waals surface area contributed by atoms with Crippen LogP contribution in [0.15, 0.2) is 126 Å². The second-order valence-electron chi connectivity index (χ2n) is 13.9. The molecule has 0 saturated carbocycles. The number of aromatic nitrogens is 2. The smallest absolute Gasteiger partial charge is 0.299 e. The molecule has 0 fully saturated rings. The Hall–Kier alpha value is -5.41. The first kappa shape index (κ1) is 27.5. The fourth-order valence-electron chi connectivity index (χ4n) is 7.54. The van der Waals surface area contributed by atoms with Crippen LogP contribution in [-0.4, -0.2) is 4.57 Å². The average molecular weight is 643 g/mol. The zero-order valence-corrected chi connectivity index (χ0v) is 29.0. The van der Waals surface area contributed by atoms with Crippen molar-refractivity contribution in [1.82, 2.24) is 4.57 Å². The van der Waals surface area contributed by atoms with Crippen LogP contribution in [0.3, 0.4) is 0 Å². The SMILES string of the molecule is [2H]C([2H])([2H])c1cccc2c1n(-c1c(C(C)C)cc(-c3ccc(-c4ccccc4)cc3)cc1C(C)C)c(-c1c(C)ccc3c1oc1ccccc13)[n+]2C. The number of nitrogens with zero attached hydrogens (tertiary/aromatic N) is 2. The number of fused-ring (bicyclic) bond motifs is 4. The Labute approximate surface area is 293 Å². The van der Waals surface area contributed by atoms with Crippen molar-refractivity contribution in [3.05, 3.63) is 144 Å². The van der Waals surface area contributed by atoms with Crippen molar-refractivity contribution in [2.75, 3.05) is 0 Å². The Morgan fingerprint density at radius 1 is 0.633 bits per heavy atom. The second kappa shape index (κ2) is 11.9. The highest BCUT2D eigenvalue weighted by atomic mass is 16.3. The molecule has 8 rings (SSSR count). The van der Waals surface area contributed by atoms with Gasteiger partial charge in [0.1, 0.15) is 16.8 Å². The highest BCUT2D eigenvalue weighted by Crippen LogP contribution is 2.43. The molecule has 0 bridgehead atoms. The number of hydrogen-bond acceptors (Lipinski definition) is 1. The van der Waals surface area contributed by atoms with E-state index in [-0.39, 0.29) is 11.8 Å². The highest BCUT2D eigenvalue weighted by Gasteiger charge is 2.34. The van der Waals surface area contributed by atoms with Crippen molar-refractivity contribution < 1.29 is 13.1 Å². The highest BCUT2D eigenvalue weighted by molar-refractivity contribution is 6.10. The standard InChI is InChI=1S/C46H43N2O/c1-28(2)38-26-35(34-23-21-33(22-24-34)32-15-9-8-10-16-32)27-39(29(3)4)44(38)48-43-31(6)14-13-18-40(43)47(7)46(48)42-30(5)20-25-37-36-17-11-12-19-41(36)49-45(37)42/h8-29H,1-7H3/q+1/i6D3. The van der Waals surface area contributed by atoms with Gasteiger partial charge in [-0.1, -0.05) is 125 Å². The summed E-state index contributed by atoms with van der Waals surface area (Å²) in [5, 5.41) is 2.09. The molecule has 0 aliphatic rings. The van der Waals surface area contributed by atoms with Gasteiger partial charge in [-0.15, -0.1) is 0 Å². The van der Waals surface area contributed by atoms with E-state index in [1.165, 1.54) is 11.1 Å². The normalized spacial score (nSPS) is 13.1. The van der Waals surface area contributed by atoms with Crippen LogP contribution >= 0.6 is 0 Å². The van der Waals surface area contributed by atoms with E-state index in [9.17, 15) is 0 Å². The van der Waals surface area contributed by atoms with E-state index in [1.807, 2.05) is 43.4 Å². The molecule has 2 heterocycles. The van der Waals surface area contributed by atoms with E-state index in [1.54, 1.807) is 6.07 Å². The fraction of sp³-hybridized carbons (Fsp3) is 0.196.